The molecule has 2 rings (SSSR count). The molecule has 0 atom stereocenters. The zero-order chi connectivity index (χ0) is 8.39. The lowest BCUT2D eigenvalue weighted by atomic mass is 10.2. The van der Waals surface area contributed by atoms with Crippen LogP contribution in [0, 0.1) is 0 Å². The molecule has 2 heterocycles. The lowest BCUT2D eigenvalue weighted by molar-refractivity contribution is 1.34. The maximum atomic E-state index is 5.52. The summed E-state index contributed by atoms with van der Waals surface area (Å²) in [5.74, 6) is 0. The Kier molecular flexibility index (Phi) is 1.80. The largest absolute Gasteiger partial charge is 0.397 e. The summed E-state index contributed by atoms with van der Waals surface area (Å²) in [5.41, 5.74) is 8.35. The lowest BCUT2D eigenvalue weighted by Crippen LogP contribution is -1.86. The molecular formula is C9H8N2S. The maximum Gasteiger partial charge on any atom is 0.0711 e. The highest BCUT2D eigenvalue weighted by Crippen LogP contribution is 2.19. The Morgan fingerprint density at radius 2 is 2.17 bits per heavy atom. The highest BCUT2D eigenvalue weighted by atomic mass is 32.1. The van der Waals surface area contributed by atoms with E-state index in [4.69, 9.17) is 5.73 Å². The second kappa shape index (κ2) is 2.95. The third-order valence-corrected chi connectivity index (χ3v) is 2.29. The number of thiophene rings is 1. The van der Waals surface area contributed by atoms with E-state index in [0.29, 0.717) is 5.69 Å². The fraction of sp³-hybridized carbons (Fsp3) is 0. The predicted molar refractivity (Wildman–Crippen MR) is 52.0 cm³/mol. The van der Waals surface area contributed by atoms with Crippen LogP contribution in [0.25, 0.3) is 11.3 Å². The fourth-order valence-electron chi connectivity index (χ4n) is 0.986. The minimum Gasteiger partial charge on any atom is -0.397 e. The van der Waals surface area contributed by atoms with Crippen molar-refractivity contribution in [1.82, 2.24) is 4.98 Å². The molecule has 0 saturated carbocycles. The molecule has 60 valence electrons. The molecule has 0 aliphatic heterocycles. The van der Waals surface area contributed by atoms with Gasteiger partial charge in [-0.1, -0.05) is 0 Å². The number of nitrogens with zero attached hydrogens (tertiary/aromatic N) is 1. The summed E-state index contributed by atoms with van der Waals surface area (Å²) in [5, 5.41) is 4.10. The second-order valence-corrected chi connectivity index (χ2v) is 3.27. The van der Waals surface area contributed by atoms with Gasteiger partial charge in [-0.15, -0.1) is 0 Å². The van der Waals surface area contributed by atoms with Gasteiger partial charge in [0.05, 0.1) is 17.6 Å². The van der Waals surface area contributed by atoms with E-state index in [1.165, 1.54) is 0 Å². The molecule has 0 spiro atoms. The first kappa shape index (κ1) is 7.31. The van der Waals surface area contributed by atoms with Crippen LogP contribution < -0.4 is 5.73 Å². The summed E-state index contributed by atoms with van der Waals surface area (Å²) in [7, 11) is 0. The number of hydrogen-bond donors (Lipinski definition) is 1. The number of pyridine rings is 1. The third kappa shape index (κ3) is 1.31. The van der Waals surface area contributed by atoms with Crippen molar-refractivity contribution in [3.63, 3.8) is 0 Å². The minimum atomic E-state index is 0.703. The van der Waals surface area contributed by atoms with Gasteiger partial charge in [0, 0.05) is 10.9 Å². The summed E-state index contributed by atoms with van der Waals surface area (Å²) in [4.78, 5) is 4.20. The topological polar surface area (TPSA) is 38.9 Å². The summed E-state index contributed by atoms with van der Waals surface area (Å²) in [6, 6.07) is 5.83. The van der Waals surface area contributed by atoms with E-state index in [1.54, 1.807) is 17.5 Å². The van der Waals surface area contributed by atoms with Crippen molar-refractivity contribution in [3.8, 4) is 11.3 Å². The Morgan fingerprint density at radius 1 is 1.25 bits per heavy atom. The smallest absolute Gasteiger partial charge is 0.0711 e. The number of rotatable bonds is 1. The van der Waals surface area contributed by atoms with Gasteiger partial charge in [0.2, 0.25) is 0 Å². The van der Waals surface area contributed by atoms with Crippen LogP contribution >= 0.6 is 11.3 Å². The molecule has 0 bridgehead atoms. The monoisotopic (exact) mass is 176 g/mol. The summed E-state index contributed by atoms with van der Waals surface area (Å²) >= 11 is 1.67. The Hall–Kier alpha value is -1.35. The number of nitrogens with two attached hydrogens (primary N) is 1. The number of hydrogen-bond acceptors (Lipinski definition) is 3. The molecule has 0 amide bonds. The van der Waals surface area contributed by atoms with Crippen molar-refractivity contribution >= 4 is 17.0 Å². The standard InChI is InChI=1S/C9H8N2S/c10-8-1-2-9(11-5-8)7-3-4-12-6-7/h1-6H,10H2. The van der Waals surface area contributed by atoms with Gasteiger partial charge in [-0.2, -0.15) is 11.3 Å². The van der Waals surface area contributed by atoms with Crippen molar-refractivity contribution in [2.75, 3.05) is 5.73 Å². The fourth-order valence-corrected chi connectivity index (χ4v) is 1.64. The zero-order valence-electron chi connectivity index (χ0n) is 6.40. The van der Waals surface area contributed by atoms with E-state index < -0.39 is 0 Å². The second-order valence-electron chi connectivity index (χ2n) is 2.49. The van der Waals surface area contributed by atoms with Crippen molar-refractivity contribution in [3.05, 3.63) is 35.2 Å². The third-order valence-electron chi connectivity index (χ3n) is 1.60. The van der Waals surface area contributed by atoms with E-state index in [-0.39, 0.29) is 0 Å². The highest BCUT2D eigenvalue weighted by Gasteiger charge is 1.97. The molecule has 0 aliphatic rings. The van der Waals surface area contributed by atoms with E-state index >= 15 is 0 Å². The minimum absolute atomic E-state index is 0.703. The normalized spacial score (nSPS) is 10.0. The van der Waals surface area contributed by atoms with Crippen LogP contribution in [-0.2, 0) is 0 Å². The van der Waals surface area contributed by atoms with Gasteiger partial charge >= 0.3 is 0 Å². The van der Waals surface area contributed by atoms with E-state index in [9.17, 15) is 0 Å². The van der Waals surface area contributed by atoms with Crippen LogP contribution in [-0.4, -0.2) is 4.98 Å². The quantitative estimate of drug-likeness (QED) is 0.724. The summed E-state index contributed by atoms with van der Waals surface area (Å²) in [6.07, 6.45) is 1.67. The van der Waals surface area contributed by atoms with Crippen molar-refractivity contribution in [1.29, 1.82) is 0 Å². The molecule has 3 heteroatoms. The molecule has 0 aromatic carbocycles. The molecule has 0 radical (unpaired) electrons. The zero-order valence-corrected chi connectivity index (χ0v) is 7.21. The SMILES string of the molecule is Nc1ccc(-c2ccsc2)nc1. The Morgan fingerprint density at radius 3 is 2.75 bits per heavy atom. The van der Waals surface area contributed by atoms with Crippen molar-refractivity contribution < 1.29 is 0 Å². The predicted octanol–water partition coefficient (Wildman–Crippen LogP) is 2.39. The lowest BCUT2D eigenvalue weighted by Gasteiger charge is -1.96. The van der Waals surface area contributed by atoms with Crippen molar-refractivity contribution in [2.45, 2.75) is 0 Å². The van der Waals surface area contributed by atoms with Gasteiger partial charge in [-0.05, 0) is 23.6 Å². The highest BCUT2D eigenvalue weighted by molar-refractivity contribution is 7.08. The van der Waals surface area contributed by atoms with Crippen LogP contribution in [0.3, 0.4) is 0 Å². The van der Waals surface area contributed by atoms with Crippen LogP contribution in [0.1, 0.15) is 0 Å². The summed E-state index contributed by atoms with van der Waals surface area (Å²) < 4.78 is 0. The molecule has 0 unspecified atom stereocenters. The summed E-state index contributed by atoms with van der Waals surface area (Å²) in [6.45, 7) is 0. The van der Waals surface area contributed by atoms with Gasteiger partial charge in [-0.3, -0.25) is 4.98 Å². The number of nitrogen functional groups attached to an aromatic ring is 1. The first-order valence-corrected chi connectivity index (χ1v) is 4.54. The average molecular weight is 176 g/mol. The molecule has 0 fully saturated rings. The molecule has 0 saturated heterocycles. The van der Waals surface area contributed by atoms with Crippen LogP contribution in [0.4, 0.5) is 5.69 Å². The van der Waals surface area contributed by atoms with E-state index in [0.717, 1.165) is 11.3 Å². The Bertz CT molecular complexity index is 351. The number of anilines is 1. The Balaban J connectivity index is 2.43. The van der Waals surface area contributed by atoms with Crippen LogP contribution in [0.5, 0.6) is 0 Å². The number of aromatic nitrogens is 1. The Labute approximate surface area is 74.7 Å². The van der Waals surface area contributed by atoms with Gasteiger partial charge in [0.1, 0.15) is 0 Å². The van der Waals surface area contributed by atoms with Crippen LogP contribution in [0.2, 0.25) is 0 Å². The first-order chi connectivity index (χ1) is 5.86. The molecule has 12 heavy (non-hydrogen) atoms. The van der Waals surface area contributed by atoms with Crippen LogP contribution in [0.15, 0.2) is 35.2 Å². The van der Waals surface area contributed by atoms with Gasteiger partial charge in [-0.25, -0.2) is 0 Å². The average Bonchev–Trinajstić information content (AvgIpc) is 2.58. The van der Waals surface area contributed by atoms with E-state index in [1.807, 2.05) is 23.6 Å². The molecular weight excluding hydrogens is 168 g/mol. The van der Waals surface area contributed by atoms with Gasteiger partial charge in [0.25, 0.3) is 0 Å². The first-order valence-electron chi connectivity index (χ1n) is 3.60. The molecule has 2 aromatic heterocycles. The molecule has 0 aliphatic carbocycles. The van der Waals surface area contributed by atoms with Gasteiger partial charge in [0.15, 0.2) is 0 Å². The van der Waals surface area contributed by atoms with E-state index in [2.05, 4.69) is 10.4 Å². The van der Waals surface area contributed by atoms with Crippen molar-refractivity contribution in [2.24, 2.45) is 0 Å². The molecule has 2 nitrogen and oxygen atoms in total. The molecule has 2 N–H and O–H groups in total. The van der Waals surface area contributed by atoms with Gasteiger partial charge < -0.3 is 5.73 Å². The maximum absolute atomic E-state index is 5.52. The molecule has 2 aromatic rings.